The lowest BCUT2D eigenvalue weighted by atomic mass is 9.86. The van der Waals surface area contributed by atoms with Crippen LogP contribution in [-0.4, -0.2) is 16.0 Å². The van der Waals surface area contributed by atoms with E-state index in [2.05, 4.69) is 22.2 Å². The second-order valence-corrected chi connectivity index (χ2v) is 5.97. The average molecular weight is 266 g/mol. The zero-order chi connectivity index (χ0) is 12.5. The van der Waals surface area contributed by atoms with Crippen molar-refractivity contribution in [2.75, 3.05) is 5.32 Å². The molecule has 18 heavy (non-hydrogen) atoms. The fourth-order valence-electron chi connectivity index (χ4n) is 3.23. The van der Waals surface area contributed by atoms with Gasteiger partial charge in [0.05, 0.1) is 5.69 Å². The van der Waals surface area contributed by atoms with Crippen LogP contribution in [0.15, 0.2) is 0 Å². The minimum Gasteiger partial charge on any atom is -0.367 e. The van der Waals surface area contributed by atoms with E-state index in [0.29, 0.717) is 11.3 Å². The predicted octanol–water partition coefficient (Wildman–Crippen LogP) is 3.61. The monoisotopic (exact) mass is 265 g/mol. The number of aromatic nitrogens is 2. The number of nitrogens with zero attached hydrogens (tertiary/aromatic N) is 2. The van der Waals surface area contributed by atoms with Crippen LogP contribution in [-0.2, 0) is 12.8 Å². The summed E-state index contributed by atoms with van der Waals surface area (Å²) < 4.78 is 0. The smallest absolute Gasteiger partial charge is 0.224 e. The van der Waals surface area contributed by atoms with Gasteiger partial charge in [-0.3, -0.25) is 0 Å². The highest BCUT2D eigenvalue weighted by Crippen LogP contribution is 2.31. The van der Waals surface area contributed by atoms with E-state index in [1.165, 1.54) is 37.7 Å². The molecule has 0 amide bonds. The summed E-state index contributed by atoms with van der Waals surface area (Å²) in [6.45, 7) is 2.33. The van der Waals surface area contributed by atoms with Gasteiger partial charge in [0.2, 0.25) is 5.28 Å². The van der Waals surface area contributed by atoms with Gasteiger partial charge in [-0.15, -0.1) is 0 Å². The Hall–Kier alpha value is -0.830. The maximum absolute atomic E-state index is 6.02. The first-order chi connectivity index (χ1) is 8.74. The average Bonchev–Trinajstić information content (AvgIpc) is 2.80. The third kappa shape index (κ3) is 2.33. The number of fused-ring (bicyclic) bond motifs is 1. The summed E-state index contributed by atoms with van der Waals surface area (Å²) in [6, 6.07) is 0.550. The molecule has 2 aliphatic rings. The lowest BCUT2D eigenvalue weighted by Crippen LogP contribution is -2.31. The number of hydrogen-bond acceptors (Lipinski definition) is 3. The molecule has 0 bridgehead atoms. The van der Waals surface area contributed by atoms with E-state index < -0.39 is 0 Å². The fraction of sp³-hybridized carbons (Fsp3) is 0.714. The van der Waals surface area contributed by atoms with Gasteiger partial charge in [0.15, 0.2) is 0 Å². The Labute approximate surface area is 113 Å². The second-order valence-electron chi connectivity index (χ2n) is 5.63. The van der Waals surface area contributed by atoms with Crippen molar-refractivity contribution in [1.82, 2.24) is 9.97 Å². The van der Waals surface area contributed by atoms with E-state index in [1.54, 1.807) is 0 Å². The van der Waals surface area contributed by atoms with Crippen LogP contribution >= 0.6 is 11.6 Å². The first-order valence-corrected chi connectivity index (χ1v) is 7.43. The Morgan fingerprint density at radius 3 is 2.78 bits per heavy atom. The Balaban J connectivity index is 1.84. The summed E-state index contributed by atoms with van der Waals surface area (Å²) in [7, 11) is 0. The largest absolute Gasteiger partial charge is 0.367 e. The predicted molar refractivity (Wildman–Crippen MR) is 74.1 cm³/mol. The number of nitrogens with one attached hydrogen (secondary N) is 1. The molecule has 0 aliphatic heterocycles. The van der Waals surface area contributed by atoms with Crippen LogP contribution in [0.25, 0.3) is 0 Å². The second kappa shape index (κ2) is 5.04. The molecule has 1 saturated carbocycles. The first-order valence-electron chi connectivity index (χ1n) is 7.06. The van der Waals surface area contributed by atoms with E-state index in [1.807, 2.05) is 0 Å². The van der Waals surface area contributed by atoms with Crippen LogP contribution < -0.4 is 5.32 Å². The van der Waals surface area contributed by atoms with Crippen molar-refractivity contribution in [1.29, 1.82) is 0 Å². The van der Waals surface area contributed by atoms with Gasteiger partial charge in [-0.1, -0.05) is 19.8 Å². The van der Waals surface area contributed by atoms with Crippen molar-refractivity contribution in [2.45, 2.75) is 57.9 Å². The quantitative estimate of drug-likeness (QED) is 0.830. The van der Waals surface area contributed by atoms with Gasteiger partial charge < -0.3 is 5.32 Å². The standard InChI is InChI=1S/C14H20ClN3/c1-9-5-2-3-7-11(9)16-13-10-6-4-8-12(10)17-14(15)18-13/h9,11H,2-8H2,1H3,(H,16,17,18). The summed E-state index contributed by atoms with van der Waals surface area (Å²) in [5, 5.41) is 4.03. The molecule has 3 rings (SSSR count). The van der Waals surface area contributed by atoms with Gasteiger partial charge in [0.1, 0.15) is 5.82 Å². The van der Waals surface area contributed by atoms with Gasteiger partial charge in [-0.25, -0.2) is 9.97 Å². The molecule has 2 aliphatic carbocycles. The summed E-state index contributed by atoms with van der Waals surface area (Å²) in [5.41, 5.74) is 2.46. The third-order valence-corrected chi connectivity index (χ3v) is 4.51. The van der Waals surface area contributed by atoms with Crippen LogP contribution in [0, 0.1) is 5.92 Å². The van der Waals surface area contributed by atoms with Gasteiger partial charge in [0.25, 0.3) is 0 Å². The fourth-order valence-corrected chi connectivity index (χ4v) is 3.41. The van der Waals surface area contributed by atoms with Crippen LogP contribution in [0.4, 0.5) is 5.82 Å². The lowest BCUT2D eigenvalue weighted by molar-refractivity contribution is 0.349. The summed E-state index contributed by atoms with van der Waals surface area (Å²) in [6.07, 6.45) is 8.57. The normalized spacial score (nSPS) is 27.0. The van der Waals surface area contributed by atoms with Crippen molar-refractivity contribution < 1.29 is 0 Å². The van der Waals surface area contributed by atoms with E-state index >= 15 is 0 Å². The van der Waals surface area contributed by atoms with Gasteiger partial charge >= 0.3 is 0 Å². The SMILES string of the molecule is CC1CCCCC1Nc1nc(Cl)nc2c1CCC2. The number of rotatable bonds is 2. The minimum atomic E-state index is 0.390. The highest BCUT2D eigenvalue weighted by atomic mass is 35.5. The van der Waals surface area contributed by atoms with Crippen LogP contribution in [0.1, 0.15) is 50.3 Å². The van der Waals surface area contributed by atoms with Crippen LogP contribution in [0.2, 0.25) is 5.28 Å². The van der Waals surface area contributed by atoms with Crippen molar-refractivity contribution in [3.05, 3.63) is 16.5 Å². The maximum Gasteiger partial charge on any atom is 0.224 e. The molecule has 3 nitrogen and oxygen atoms in total. The highest BCUT2D eigenvalue weighted by molar-refractivity contribution is 6.28. The molecule has 4 heteroatoms. The van der Waals surface area contributed by atoms with Gasteiger partial charge in [0, 0.05) is 11.6 Å². The van der Waals surface area contributed by atoms with Gasteiger partial charge in [-0.2, -0.15) is 0 Å². The molecular formula is C14H20ClN3. The molecule has 0 saturated heterocycles. The Morgan fingerprint density at radius 1 is 1.11 bits per heavy atom. The van der Waals surface area contributed by atoms with Crippen molar-refractivity contribution in [3.8, 4) is 0 Å². The van der Waals surface area contributed by atoms with Crippen LogP contribution in [0.3, 0.4) is 0 Å². The molecule has 0 aromatic carbocycles. The van der Waals surface area contributed by atoms with Gasteiger partial charge in [-0.05, 0) is 49.6 Å². The molecule has 98 valence electrons. The molecule has 1 heterocycles. The van der Waals surface area contributed by atoms with Crippen molar-refractivity contribution >= 4 is 17.4 Å². The summed E-state index contributed by atoms with van der Waals surface area (Å²) in [4.78, 5) is 8.76. The molecule has 1 aromatic heterocycles. The first kappa shape index (κ1) is 12.2. The maximum atomic E-state index is 6.02. The van der Waals surface area contributed by atoms with Crippen LogP contribution in [0.5, 0.6) is 0 Å². The molecule has 1 fully saturated rings. The number of anilines is 1. The third-order valence-electron chi connectivity index (χ3n) is 4.34. The topological polar surface area (TPSA) is 37.8 Å². The molecular weight excluding hydrogens is 246 g/mol. The van der Waals surface area contributed by atoms with E-state index in [0.717, 1.165) is 30.3 Å². The highest BCUT2D eigenvalue weighted by Gasteiger charge is 2.25. The van der Waals surface area contributed by atoms with Crippen molar-refractivity contribution in [3.63, 3.8) is 0 Å². The Morgan fingerprint density at radius 2 is 1.94 bits per heavy atom. The number of hydrogen-bond donors (Lipinski definition) is 1. The molecule has 2 atom stereocenters. The zero-order valence-corrected chi connectivity index (χ0v) is 11.6. The Bertz CT molecular complexity index is 447. The molecule has 0 spiro atoms. The molecule has 1 aromatic rings. The van der Waals surface area contributed by atoms with E-state index in [4.69, 9.17) is 11.6 Å². The Kier molecular flexibility index (Phi) is 3.42. The van der Waals surface area contributed by atoms with Crippen molar-refractivity contribution in [2.24, 2.45) is 5.92 Å². The van der Waals surface area contributed by atoms with E-state index in [9.17, 15) is 0 Å². The number of halogens is 1. The minimum absolute atomic E-state index is 0.390. The molecule has 0 radical (unpaired) electrons. The summed E-state index contributed by atoms with van der Waals surface area (Å²) >= 11 is 6.02. The zero-order valence-electron chi connectivity index (χ0n) is 10.9. The summed E-state index contributed by atoms with van der Waals surface area (Å²) in [5.74, 6) is 1.73. The molecule has 1 N–H and O–H groups in total. The number of aryl methyl sites for hydroxylation is 1. The van der Waals surface area contributed by atoms with E-state index in [-0.39, 0.29) is 0 Å². The molecule has 2 unspecified atom stereocenters. The lowest BCUT2D eigenvalue weighted by Gasteiger charge is -2.30.